The Labute approximate surface area is 172 Å². The smallest absolute Gasteiger partial charge is 0.308 e. The average molecular weight is 438 g/mol. The number of carbonyl (C=O) groups is 1. The van der Waals surface area contributed by atoms with Crippen molar-refractivity contribution in [1.29, 1.82) is 0 Å². The number of carbonyl (C=O) groups excluding carboxylic acids is 1. The van der Waals surface area contributed by atoms with Crippen LogP contribution >= 0.6 is 7.60 Å². The van der Waals surface area contributed by atoms with Crippen molar-refractivity contribution >= 4 is 23.7 Å². The van der Waals surface area contributed by atoms with Gasteiger partial charge in [-0.05, 0) is 44.9 Å². The van der Waals surface area contributed by atoms with Crippen LogP contribution < -0.4 is 0 Å². The van der Waals surface area contributed by atoms with E-state index >= 15 is 0 Å². The minimum atomic E-state index is -4.13. The Morgan fingerprint density at radius 1 is 0.966 bits per heavy atom. The Bertz CT molecular complexity index is 936. The van der Waals surface area contributed by atoms with Crippen molar-refractivity contribution < 1.29 is 26.8 Å². The molecule has 0 aliphatic rings. The van der Waals surface area contributed by atoms with E-state index in [0.29, 0.717) is 11.8 Å². The first kappa shape index (κ1) is 23.5. The van der Waals surface area contributed by atoms with Gasteiger partial charge >= 0.3 is 7.60 Å². The number of rotatable bonds is 11. The Morgan fingerprint density at radius 2 is 1.45 bits per heavy atom. The Hall–Kier alpha value is -1.79. The highest BCUT2D eigenvalue weighted by molar-refractivity contribution is 7.98. The zero-order valence-electron chi connectivity index (χ0n) is 16.9. The largest absolute Gasteiger partial charge is 0.349 e. The van der Waals surface area contributed by atoms with Crippen LogP contribution in [0.2, 0.25) is 0 Å². The number of hydrogen-bond acceptors (Lipinski definition) is 6. The molecule has 2 rings (SSSR count). The lowest BCUT2D eigenvalue weighted by Crippen LogP contribution is -2.35. The van der Waals surface area contributed by atoms with Gasteiger partial charge in [-0.3, -0.25) is 4.57 Å². The molecule has 29 heavy (non-hydrogen) atoms. The van der Waals surface area contributed by atoms with Gasteiger partial charge in [0.2, 0.25) is 0 Å². The minimum absolute atomic E-state index is 0.00550. The summed E-state index contributed by atoms with van der Waals surface area (Å²) >= 11 is 0. The summed E-state index contributed by atoms with van der Waals surface area (Å²) in [5.41, 5.74) is -0.569. The highest BCUT2D eigenvalue weighted by Crippen LogP contribution is 2.59. The number of benzene rings is 2. The van der Waals surface area contributed by atoms with E-state index in [4.69, 9.17) is 9.05 Å². The van der Waals surface area contributed by atoms with E-state index in [1.807, 2.05) is 0 Å². The maximum Gasteiger partial charge on any atom is 0.349 e. The van der Waals surface area contributed by atoms with Gasteiger partial charge in [0.1, 0.15) is 6.29 Å². The molecular formula is C21H27O6PS. The highest BCUT2D eigenvalue weighted by Gasteiger charge is 2.49. The van der Waals surface area contributed by atoms with Crippen molar-refractivity contribution in [3.05, 3.63) is 66.2 Å². The fraction of sp³-hybridized carbons (Fsp3) is 0.381. The summed E-state index contributed by atoms with van der Waals surface area (Å²) in [6.07, 6.45) is 0.451. The standard InChI is InChI=1S/C21H27O6PS/c1-4-26-28(23,27-5-2)20(29(24,25)19-14-10-7-11-15-19)16-21(3,17-22)18-12-8-6-9-13-18/h6-15,17,20H,4-5,16H2,1-3H3/t20?,21-/m1/s1. The van der Waals surface area contributed by atoms with Gasteiger partial charge in [0.25, 0.3) is 0 Å². The molecule has 2 aromatic rings. The molecule has 1 unspecified atom stereocenters. The van der Waals surface area contributed by atoms with E-state index in [2.05, 4.69) is 0 Å². The second-order valence-corrected chi connectivity index (χ2v) is 11.5. The molecule has 0 heterocycles. The molecule has 0 aliphatic carbocycles. The quantitative estimate of drug-likeness (QED) is 0.376. The van der Waals surface area contributed by atoms with Crippen LogP contribution in [0.5, 0.6) is 0 Å². The van der Waals surface area contributed by atoms with Gasteiger partial charge in [-0.2, -0.15) is 0 Å². The van der Waals surface area contributed by atoms with Gasteiger partial charge in [-0.25, -0.2) is 8.42 Å². The summed E-state index contributed by atoms with van der Waals surface area (Å²) in [6.45, 7) is 4.90. The summed E-state index contributed by atoms with van der Waals surface area (Å²) in [5, 5.41) is 0. The summed E-state index contributed by atoms with van der Waals surface area (Å²) < 4.78 is 51.4. The van der Waals surface area contributed by atoms with Crippen molar-refractivity contribution in [3.63, 3.8) is 0 Å². The van der Waals surface area contributed by atoms with E-state index in [9.17, 15) is 17.8 Å². The van der Waals surface area contributed by atoms with Gasteiger partial charge in [-0.1, -0.05) is 48.5 Å². The molecule has 0 fully saturated rings. The second kappa shape index (κ2) is 9.81. The molecule has 158 valence electrons. The molecule has 0 saturated heterocycles. The molecule has 0 radical (unpaired) electrons. The molecule has 0 spiro atoms. The Morgan fingerprint density at radius 3 is 1.90 bits per heavy atom. The fourth-order valence-electron chi connectivity index (χ4n) is 3.14. The summed E-state index contributed by atoms with van der Waals surface area (Å²) in [6, 6.07) is 16.6. The van der Waals surface area contributed by atoms with E-state index in [1.54, 1.807) is 69.3 Å². The molecule has 0 aliphatic heterocycles. The fourth-order valence-corrected chi connectivity index (χ4v) is 8.37. The first-order valence-electron chi connectivity index (χ1n) is 9.43. The maximum absolute atomic E-state index is 13.6. The third-order valence-corrected chi connectivity index (χ3v) is 10.2. The molecule has 2 aromatic carbocycles. The lowest BCUT2D eigenvalue weighted by molar-refractivity contribution is -0.112. The predicted molar refractivity (Wildman–Crippen MR) is 113 cm³/mol. The number of hydrogen-bond donors (Lipinski definition) is 0. The molecule has 0 amide bonds. The first-order valence-corrected chi connectivity index (χ1v) is 12.6. The molecule has 8 heteroatoms. The molecule has 0 aromatic heterocycles. The lowest BCUT2D eigenvalue weighted by Gasteiger charge is -2.32. The monoisotopic (exact) mass is 438 g/mol. The van der Waals surface area contributed by atoms with Gasteiger partial charge in [0, 0.05) is 5.41 Å². The summed E-state index contributed by atoms with van der Waals surface area (Å²) in [7, 11) is -8.22. The number of sulfone groups is 1. The van der Waals surface area contributed by atoms with Crippen LogP contribution in [0.25, 0.3) is 0 Å². The van der Waals surface area contributed by atoms with Gasteiger partial charge < -0.3 is 13.8 Å². The number of aldehydes is 1. The lowest BCUT2D eigenvalue weighted by atomic mass is 9.81. The van der Waals surface area contributed by atoms with Crippen molar-refractivity contribution in [3.8, 4) is 0 Å². The van der Waals surface area contributed by atoms with E-state index < -0.39 is 27.8 Å². The third kappa shape index (κ3) is 5.23. The van der Waals surface area contributed by atoms with Crippen LogP contribution in [0.3, 0.4) is 0 Å². The predicted octanol–water partition coefficient (Wildman–Crippen LogP) is 4.60. The SMILES string of the molecule is CCOP(=O)(OCC)C(C[C@](C)(C=O)c1ccccc1)S(=O)(=O)c1ccccc1. The van der Waals surface area contributed by atoms with Gasteiger partial charge in [-0.15, -0.1) is 0 Å². The molecule has 0 saturated carbocycles. The summed E-state index contributed by atoms with van der Waals surface area (Å²) in [4.78, 5) is 10.6. The normalized spacial score (nSPS) is 15.4. The van der Waals surface area contributed by atoms with E-state index in [0.717, 1.165) is 0 Å². The molecule has 0 bridgehead atoms. The zero-order chi connectivity index (χ0) is 21.5. The average Bonchev–Trinajstić information content (AvgIpc) is 2.73. The first-order chi connectivity index (χ1) is 13.7. The molecule has 0 N–H and O–H groups in total. The minimum Gasteiger partial charge on any atom is -0.308 e. The van der Waals surface area contributed by atoms with E-state index in [-0.39, 0.29) is 24.5 Å². The van der Waals surface area contributed by atoms with E-state index in [1.165, 1.54) is 12.1 Å². The molecular weight excluding hydrogens is 411 g/mol. The van der Waals surface area contributed by atoms with Crippen LogP contribution in [-0.4, -0.2) is 32.9 Å². The second-order valence-electron chi connectivity index (χ2n) is 6.79. The van der Waals surface area contributed by atoms with Crippen molar-refractivity contribution in [1.82, 2.24) is 0 Å². The zero-order valence-corrected chi connectivity index (χ0v) is 18.6. The van der Waals surface area contributed by atoms with Gasteiger partial charge in [0.15, 0.2) is 14.8 Å². The van der Waals surface area contributed by atoms with Crippen molar-refractivity contribution in [2.75, 3.05) is 13.2 Å². The maximum atomic E-state index is 13.6. The third-order valence-electron chi connectivity index (χ3n) is 4.69. The molecule has 6 nitrogen and oxygen atoms in total. The van der Waals surface area contributed by atoms with Gasteiger partial charge in [0.05, 0.1) is 18.1 Å². The highest BCUT2D eigenvalue weighted by atomic mass is 32.2. The van der Waals surface area contributed by atoms with Crippen LogP contribution in [0, 0.1) is 0 Å². The Balaban J connectivity index is 2.64. The summed E-state index contributed by atoms with van der Waals surface area (Å²) in [5.74, 6) is 0. The van der Waals surface area contributed by atoms with Crippen molar-refractivity contribution in [2.24, 2.45) is 0 Å². The van der Waals surface area contributed by atoms with Crippen LogP contribution in [0.1, 0.15) is 32.8 Å². The van der Waals surface area contributed by atoms with Crippen LogP contribution in [-0.2, 0) is 33.7 Å². The van der Waals surface area contributed by atoms with Crippen LogP contribution in [0.15, 0.2) is 65.6 Å². The topological polar surface area (TPSA) is 86.7 Å². The van der Waals surface area contributed by atoms with Crippen LogP contribution in [0.4, 0.5) is 0 Å². The molecule has 2 atom stereocenters. The Kier molecular flexibility index (Phi) is 7.94. The van der Waals surface area contributed by atoms with Crippen molar-refractivity contribution in [2.45, 2.75) is 42.5 Å².